The van der Waals surface area contributed by atoms with Crippen molar-refractivity contribution in [2.24, 2.45) is 5.84 Å². The summed E-state index contributed by atoms with van der Waals surface area (Å²) in [7, 11) is 2.09. The molecular formula is C11H19N3OS2. The fourth-order valence-corrected chi connectivity index (χ4v) is 2.91. The first-order valence-corrected chi connectivity index (χ1v) is 7.57. The van der Waals surface area contributed by atoms with E-state index in [0.717, 1.165) is 18.8 Å². The second-order valence-corrected chi connectivity index (χ2v) is 6.14. The zero-order chi connectivity index (χ0) is 12.8. The highest BCUT2D eigenvalue weighted by Gasteiger charge is 2.12. The number of thioether (sulfide) groups is 1. The Morgan fingerprint density at radius 2 is 2.35 bits per heavy atom. The Kier molecular flexibility index (Phi) is 5.97. The first-order chi connectivity index (χ1) is 8.08. The van der Waals surface area contributed by atoms with Gasteiger partial charge in [-0.25, -0.2) is 5.84 Å². The van der Waals surface area contributed by atoms with Crippen LogP contribution in [0.3, 0.4) is 0 Å². The summed E-state index contributed by atoms with van der Waals surface area (Å²) in [5.74, 6) is 6.03. The fourth-order valence-electron chi connectivity index (χ4n) is 1.48. The molecule has 1 heterocycles. The van der Waals surface area contributed by atoms with E-state index < -0.39 is 0 Å². The molecule has 3 N–H and O–H groups in total. The van der Waals surface area contributed by atoms with E-state index in [1.165, 1.54) is 21.8 Å². The zero-order valence-electron chi connectivity index (χ0n) is 10.4. The number of nitrogens with one attached hydrogen (secondary N) is 1. The maximum absolute atomic E-state index is 11.4. The number of hydrogen-bond donors (Lipinski definition) is 2. The number of hydrazine groups is 1. The summed E-state index contributed by atoms with van der Waals surface area (Å²) in [6.45, 7) is 3.96. The van der Waals surface area contributed by atoms with Crippen LogP contribution >= 0.6 is 23.1 Å². The predicted molar refractivity (Wildman–Crippen MR) is 75.4 cm³/mol. The maximum Gasteiger partial charge on any atom is 0.275 e. The van der Waals surface area contributed by atoms with Crippen molar-refractivity contribution >= 4 is 29.0 Å². The lowest BCUT2D eigenvalue weighted by atomic mass is 10.2. The third-order valence-corrected chi connectivity index (χ3v) is 4.18. The second-order valence-electron chi connectivity index (χ2n) is 3.90. The van der Waals surface area contributed by atoms with Gasteiger partial charge >= 0.3 is 0 Å². The summed E-state index contributed by atoms with van der Waals surface area (Å²) in [6.07, 6.45) is 2.10. The number of aryl methyl sites for hydroxylation is 1. The lowest BCUT2D eigenvalue weighted by molar-refractivity contribution is 0.0957. The standard InChI is InChI=1S/C11H19N3OS2/c1-8-9(7-14(2)4-5-16-3)6-10(17-8)11(15)13-12/h6H,4-5,7,12H2,1-3H3,(H,13,15). The van der Waals surface area contributed by atoms with Crippen molar-refractivity contribution in [3.8, 4) is 0 Å². The number of hydrogen-bond acceptors (Lipinski definition) is 5. The van der Waals surface area contributed by atoms with Gasteiger partial charge in [0, 0.05) is 23.7 Å². The molecule has 0 aliphatic carbocycles. The number of amides is 1. The summed E-state index contributed by atoms with van der Waals surface area (Å²) in [6, 6.07) is 1.93. The van der Waals surface area contributed by atoms with Crippen LogP contribution in [-0.2, 0) is 6.54 Å². The number of carbonyl (C=O) groups is 1. The first kappa shape index (κ1) is 14.5. The Hall–Kier alpha value is -0.560. The van der Waals surface area contributed by atoms with Crippen molar-refractivity contribution in [3.63, 3.8) is 0 Å². The molecule has 0 saturated carbocycles. The summed E-state index contributed by atoms with van der Waals surface area (Å²) in [5.41, 5.74) is 3.37. The van der Waals surface area contributed by atoms with Gasteiger partial charge in [-0.05, 0) is 31.9 Å². The highest BCUT2D eigenvalue weighted by Crippen LogP contribution is 2.22. The molecule has 0 aliphatic rings. The van der Waals surface area contributed by atoms with Crippen LogP contribution in [0.5, 0.6) is 0 Å². The largest absolute Gasteiger partial charge is 0.301 e. The minimum Gasteiger partial charge on any atom is -0.301 e. The highest BCUT2D eigenvalue weighted by molar-refractivity contribution is 7.98. The van der Waals surface area contributed by atoms with Crippen LogP contribution in [0.1, 0.15) is 20.1 Å². The molecule has 4 nitrogen and oxygen atoms in total. The van der Waals surface area contributed by atoms with Crippen molar-refractivity contribution < 1.29 is 4.79 Å². The van der Waals surface area contributed by atoms with Gasteiger partial charge < -0.3 is 4.90 Å². The Labute approximate surface area is 111 Å². The van der Waals surface area contributed by atoms with Gasteiger partial charge in [0.1, 0.15) is 0 Å². The van der Waals surface area contributed by atoms with E-state index in [2.05, 4.69) is 23.6 Å². The second kappa shape index (κ2) is 7.00. The number of thiophene rings is 1. The van der Waals surface area contributed by atoms with Gasteiger partial charge in [0.05, 0.1) is 4.88 Å². The molecule has 17 heavy (non-hydrogen) atoms. The minimum absolute atomic E-state index is 0.212. The molecular weight excluding hydrogens is 254 g/mol. The molecule has 1 aromatic heterocycles. The van der Waals surface area contributed by atoms with Crippen LogP contribution in [0.2, 0.25) is 0 Å². The minimum atomic E-state index is -0.212. The average Bonchev–Trinajstić information content (AvgIpc) is 2.67. The summed E-state index contributed by atoms with van der Waals surface area (Å²) in [4.78, 5) is 15.5. The van der Waals surface area contributed by atoms with Gasteiger partial charge in [0.25, 0.3) is 5.91 Å². The average molecular weight is 273 g/mol. The van der Waals surface area contributed by atoms with Crippen molar-refractivity contribution in [2.75, 3.05) is 25.6 Å². The van der Waals surface area contributed by atoms with E-state index >= 15 is 0 Å². The quantitative estimate of drug-likeness (QED) is 0.468. The zero-order valence-corrected chi connectivity index (χ0v) is 12.1. The van der Waals surface area contributed by atoms with Crippen LogP contribution in [0.4, 0.5) is 0 Å². The lowest BCUT2D eigenvalue weighted by Gasteiger charge is -2.15. The molecule has 0 aliphatic heterocycles. The molecule has 0 radical (unpaired) electrons. The summed E-state index contributed by atoms with van der Waals surface area (Å²) in [5, 5.41) is 0. The van der Waals surface area contributed by atoms with Crippen LogP contribution in [0, 0.1) is 6.92 Å². The Morgan fingerprint density at radius 3 is 2.94 bits per heavy atom. The molecule has 1 amide bonds. The molecule has 0 bridgehead atoms. The van der Waals surface area contributed by atoms with Gasteiger partial charge in [0.2, 0.25) is 0 Å². The molecule has 0 atom stereocenters. The molecule has 0 spiro atoms. The molecule has 0 unspecified atom stereocenters. The Morgan fingerprint density at radius 1 is 1.65 bits per heavy atom. The summed E-state index contributed by atoms with van der Waals surface area (Å²) >= 11 is 3.33. The van der Waals surface area contributed by atoms with Crippen molar-refractivity contribution in [1.82, 2.24) is 10.3 Å². The number of nitrogen functional groups attached to an aromatic ring is 1. The molecule has 1 aromatic rings. The third-order valence-electron chi connectivity index (χ3n) is 2.49. The molecule has 0 aromatic carbocycles. The van der Waals surface area contributed by atoms with E-state index in [1.807, 2.05) is 24.8 Å². The van der Waals surface area contributed by atoms with Crippen LogP contribution < -0.4 is 11.3 Å². The predicted octanol–water partition coefficient (Wildman–Crippen LogP) is 1.45. The van der Waals surface area contributed by atoms with Gasteiger partial charge in [-0.1, -0.05) is 0 Å². The van der Waals surface area contributed by atoms with E-state index in [1.54, 1.807) is 0 Å². The summed E-state index contributed by atoms with van der Waals surface area (Å²) < 4.78 is 0. The molecule has 6 heteroatoms. The van der Waals surface area contributed by atoms with Crippen LogP contribution in [-0.4, -0.2) is 36.4 Å². The molecule has 0 fully saturated rings. The van der Waals surface area contributed by atoms with Crippen molar-refractivity contribution in [2.45, 2.75) is 13.5 Å². The number of nitrogens with zero attached hydrogens (tertiary/aromatic N) is 1. The highest BCUT2D eigenvalue weighted by atomic mass is 32.2. The van der Waals surface area contributed by atoms with E-state index in [0.29, 0.717) is 4.88 Å². The topological polar surface area (TPSA) is 58.4 Å². The first-order valence-electron chi connectivity index (χ1n) is 5.36. The Balaban J connectivity index is 2.65. The monoisotopic (exact) mass is 273 g/mol. The van der Waals surface area contributed by atoms with Gasteiger partial charge in [-0.15, -0.1) is 11.3 Å². The number of rotatable bonds is 6. The van der Waals surface area contributed by atoms with E-state index in [9.17, 15) is 4.79 Å². The van der Waals surface area contributed by atoms with Gasteiger partial charge in [0.15, 0.2) is 0 Å². The van der Waals surface area contributed by atoms with Crippen LogP contribution in [0.25, 0.3) is 0 Å². The number of carbonyl (C=O) groups excluding carboxylic acids is 1. The van der Waals surface area contributed by atoms with Crippen LogP contribution in [0.15, 0.2) is 6.07 Å². The maximum atomic E-state index is 11.4. The fraction of sp³-hybridized carbons (Fsp3) is 0.545. The smallest absolute Gasteiger partial charge is 0.275 e. The van der Waals surface area contributed by atoms with Crippen molar-refractivity contribution in [3.05, 3.63) is 21.4 Å². The van der Waals surface area contributed by atoms with Crippen molar-refractivity contribution in [1.29, 1.82) is 0 Å². The van der Waals surface area contributed by atoms with E-state index in [-0.39, 0.29) is 5.91 Å². The molecule has 1 rings (SSSR count). The van der Waals surface area contributed by atoms with Gasteiger partial charge in [-0.2, -0.15) is 11.8 Å². The lowest BCUT2D eigenvalue weighted by Crippen LogP contribution is -2.29. The number of nitrogens with two attached hydrogens (primary N) is 1. The van der Waals surface area contributed by atoms with E-state index in [4.69, 9.17) is 5.84 Å². The molecule has 0 saturated heterocycles. The SMILES string of the molecule is CSCCN(C)Cc1cc(C(=O)NN)sc1C. The Bertz CT molecular complexity index is 379. The normalized spacial score (nSPS) is 10.9. The van der Waals surface area contributed by atoms with Gasteiger partial charge in [-0.3, -0.25) is 10.2 Å². The third kappa shape index (κ3) is 4.31. The molecule has 96 valence electrons.